The third-order valence-electron chi connectivity index (χ3n) is 16.6. The Balaban J connectivity index is 4.19. The molecule has 0 radical (unpaired) electrons. The van der Waals surface area contributed by atoms with Crippen molar-refractivity contribution in [2.45, 2.75) is 406 Å². The van der Waals surface area contributed by atoms with Crippen LogP contribution in [0.1, 0.15) is 400 Å². The van der Waals surface area contributed by atoms with E-state index >= 15 is 0 Å². The summed E-state index contributed by atoms with van der Waals surface area (Å²) in [4.78, 5) is 38.5. The molecule has 0 saturated heterocycles. The maximum atomic E-state index is 12.9. The zero-order chi connectivity index (χ0) is 59.2. The largest absolute Gasteiger partial charge is 0.462 e. The Morgan fingerprint density at radius 1 is 0.244 bits per heavy atom. The first-order valence-electron chi connectivity index (χ1n) is 36.6. The van der Waals surface area contributed by atoms with Gasteiger partial charge in [-0.2, -0.15) is 0 Å². The van der Waals surface area contributed by atoms with E-state index in [1.54, 1.807) is 0 Å². The average Bonchev–Trinajstić information content (AvgIpc) is 3.47. The number of unbranched alkanes of at least 4 members (excludes halogenated alkanes) is 49. The van der Waals surface area contributed by atoms with Crippen molar-refractivity contribution >= 4 is 17.9 Å². The van der Waals surface area contributed by atoms with Gasteiger partial charge in [-0.05, 0) is 83.5 Å². The highest BCUT2D eigenvalue weighted by Gasteiger charge is 2.19. The SMILES string of the molecule is CCCCCC/C=C\C/C=C\CCCCCCCC(=O)OCC(COC(=O)CCCCCCCCCCCCCCCCCCCCC/C=C\C/C=C\CCCCCCC)OC(=O)CCCCCCCCCCCCCCCCCCC. The Hall–Kier alpha value is -2.63. The van der Waals surface area contributed by atoms with Gasteiger partial charge in [0.05, 0.1) is 0 Å². The van der Waals surface area contributed by atoms with Gasteiger partial charge in [0.15, 0.2) is 6.10 Å². The fourth-order valence-electron chi connectivity index (χ4n) is 11.0. The van der Waals surface area contributed by atoms with Gasteiger partial charge in [0.25, 0.3) is 0 Å². The molecule has 0 aliphatic rings. The number of ether oxygens (including phenoxy) is 3. The molecule has 480 valence electrons. The Labute approximate surface area is 511 Å². The van der Waals surface area contributed by atoms with Crippen molar-refractivity contribution in [1.82, 2.24) is 0 Å². The molecule has 6 nitrogen and oxygen atoms in total. The number of hydrogen-bond acceptors (Lipinski definition) is 6. The summed E-state index contributed by atoms with van der Waals surface area (Å²) < 4.78 is 17.0. The minimum absolute atomic E-state index is 0.0719. The number of carbonyl (C=O) groups is 3. The lowest BCUT2D eigenvalue weighted by Crippen LogP contribution is -2.30. The van der Waals surface area contributed by atoms with Crippen molar-refractivity contribution in [2.75, 3.05) is 13.2 Å². The van der Waals surface area contributed by atoms with Crippen LogP contribution in [0.3, 0.4) is 0 Å². The summed E-state index contributed by atoms with van der Waals surface area (Å²) in [6.45, 7) is 6.67. The van der Waals surface area contributed by atoms with Crippen LogP contribution in [-0.4, -0.2) is 37.2 Å². The smallest absolute Gasteiger partial charge is 0.306 e. The van der Waals surface area contributed by atoms with Gasteiger partial charge in [-0.25, -0.2) is 0 Å². The molecule has 0 aliphatic heterocycles. The number of rotatable bonds is 68. The molecule has 0 saturated carbocycles. The second kappa shape index (κ2) is 70.9. The number of allylic oxidation sites excluding steroid dienone is 8. The molecule has 0 aromatic heterocycles. The van der Waals surface area contributed by atoms with E-state index in [1.165, 1.54) is 276 Å². The molecule has 0 bridgehead atoms. The van der Waals surface area contributed by atoms with E-state index in [4.69, 9.17) is 14.2 Å². The molecular weight excluding hydrogens is 1010 g/mol. The predicted octanol–water partition coefficient (Wildman–Crippen LogP) is 25.3. The van der Waals surface area contributed by atoms with Gasteiger partial charge < -0.3 is 14.2 Å². The first kappa shape index (κ1) is 79.4. The van der Waals surface area contributed by atoms with Crippen LogP contribution in [0.2, 0.25) is 0 Å². The molecule has 0 spiro atoms. The standard InChI is InChI=1S/C76H140O6/c1-4-7-10-13-16-19-22-25-28-31-32-33-34-35-36-37-38-39-40-41-42-43-44-46-48-51-54-57-60-63-66-69-75(78)81-72-73(71-80-74(77)68-65-62-59-56-53-50-47-30-27-24-21-18-15-12-9-6-3)82-76(79)70-67-64-61-58-55-52-49-45-29-26-23-20-17-14-11-8-5-2/h21-22,24-25,30-32,47,73H,4-20,23,26-29,33-46,48-72H2,1-3H3/b24-21-,25-22-,32-31-,47-30-. The van der Waals surface area contributed by atoms with E-state index in [9.17, 15) is 14.4 Å². The Bertz CT molecular complexity index is 1410. The Morgan fingerprint density at radius 2 is 0.439 bits per heavy atom. The zero-order valence-corrected chi connectivity index (χ0v) is 55.3. The van der Waals surface area contributed by atoms with Crippen LogP contribution in [0, 0.1) is 0 Å². The Morgan fingerprint density at radius 3 is 0.683 bits per heavy atom. The molecule has 0 fully saturated rings. The summed E-state index contributed by atoms with van der Waals surface area (Å²) in [6, 6.07) is 0. The average molecular weight is 1150 g/mol. The van der Waals surface area contributed by atoms with Crippen molar-refractivity contribution in [3.8, 4) is 0 Å². The number of hydrogen-bond donors (Lipinski definition) is 0. The second-order valence-corrected chi connectivity index (χ2v) is 24.9. The molecule has 0 rings (SSSR count). The van der Waals surface area contributed by atoms with E-state index in [-0.39, 0.29) is 31.1 Å². The van der Waals surface area contributed by atoms with Crippen molar-refractivity contribution in [2.24, 2.45) is 0 Å². The minimum Gasteiger partial charge on any atom is -0.462 e. The molecule has 0 aliphatic carbocycles. The lowest BCUT2D eigenvalue weighted by molar-refractivity contribution is -0.167. The van der Waals surface area contributed by atoms with E-state index in [1.807, 2.05) is 0 Å². The molecule has 6 heteroatoms. The molecule has 0 N–H and O–H groups in total. The molecular formula is C76H140O6. The molecule has 0 heterocycles. The topological polar surface area (TPSA) is 78.9 Å². The summed E-state index contributed by atoms with van der Waals surface area (Å²) in [5.74, 6) is -0.857. The van der Waals surface area contributed by atoms with Crippen LogP contribution in [0.4, 0.5) is 0 Å². The van der Waals surface area contributed by atoms with Gasteiger partial charge in [-0.15, -0.1) is 0 Å². The summed E-state index contributed by atoms with van der Waals surface area (Å²) in [7, 11) is 0. The number of carbonyl (C=O) groups excluding carboxylic acids is 3. The summed E-state index contributed by atoms with van der Waals surface area (Å²) in [5, 5.41) is 0. The van der Waals surface area contributed by atoms with E-state index < -0.39 is 6.10 Å². The normalized spacial score (nSPS) is 12.3. The maximum Gasteiger partial charge on any atom is 0.306 e. The highest BCUT2D eigenvalue weighted by atomic mass is 16.6. The van der Waals surface area contributed by atoms with Crippen LogP contribution in [0.25, 0.3) is 0 Å². The van der Waals surface area contributed by atoms with Gasteiger partial charge in [0.2, 0.25) is 0 Å². The van der Waals surface area contributed by atoms with Gasteiger partial charge >= 0.3 is 17.9 Å². The lowest BCUT2D eigenvalue weighted by Gasteiger charge is -2.18. The van der Waals surface area contributed by atoms with Gasteiger partial charge in [0, 0.05) is 19.3 Å². The third kappa shape index (κ3) is 68.2. The lowest BCUT2D eigenvalue weighted by atomic mass is 10.0. The maximum absolute atomic E-state index is 12.9. The van der Waals surface area contributed by atoms with Crippen molar-refractivity contribution < 1.29 is 28.6 Å². The zero-order valence-electron chi connectivity index (χ0n) is 55.3. The fraction of sp³-hybridized carbons (Fsp3) is 0.855. The molecule has 82 heavy (non-hydrogen) atoms. The van der Waals surface area contributed by atoms with Crippen LogP contribution in [-0.2, 0) is 28.6 Å². The monoisotopic (exact) mass is 1150 g/mol. The molecule has 1 unspecified atom stereocenters. The van der Waals surface area contributed by atoms with Crippen LogP contribution in [0.5, 0.6) is 0 Å². The van der Waals surface area contributed by atoms with Crippen molar-refractivity contribution in [3.63, 3.8) is 0 Å². The molecule has 0 aromatic carbocycles. The van der Waals surface area contributed by atoms with Crippen LogP contribution >= 0.6 is 0 Å². The number of esters is 3. The van der Waals surface area contributed by atoms with Crippen molar-refractivity contribution in [3.05, 3.63) is 48.6 Å². The summed E-state index contributed by atoms with van der Waals surface area (Å²) >= 11 is 0. The van der Waals surface area contributed by atoms with Gasteiger partial charge in [-0.3, -0.25) is 14.4 Å². The first-order valence-corrected chi connectivity index (χ1v) is 36.6. The summed E-state index contributed by atoms with van der Waals surface area (Å²) in [6.07, 6.45) is 90.1. The van der Waals surface area contributed by atoms with Gasteiger partial charge in [-0.1, -0.05) is 345 Å². The van der Waals surface area contributed by atoms with Crippen LogP contribution in [0.15, 0.2) is 48.6 Å². The molecule has 0 amide bonds. The second-order valence-electron chi connectivity index (χ2n) is 24.9. The highest BCUT2D eigenvalue weighted by Crippen LogP contribution is 2.18. The van der Waals surface area contributed by atoms with Crippen molar-refractivity contribution in [1.29, 1.82) is 0 Å². The quantitative estimate of drug-likeness (QED) is 0.0261. The Kier molecular flexibility index (Phi) is 68.6. The van der Waals surface area contributed by atoms with Gasteiger partial charge in [0.1, 0.15) is 13.2 Å². The minimum atomic E-state index is -0.777. The van der Waals surface area contributed by atoms with Crippen LogP contribution < -0.4 is 0 Å². The first-order chi connectivity index (χ1) is 40.5. The van der Waals surface area contributed by atoms with E-state index in [2.05, 4.69) is 69.4 Å². The molecule has 1 atom stereocenters. The summed E-state index contributed by atoms with van der Waals surface area (Å²) in [5.41, 5.74) is 0. The highest BCUT2D eigenvalue weighted by molar-refractivity contribution is 5.71. The third-order valence-corrected chi connectivity index (χ3v) is 16.6. The molecule has 0 aromatic rings. The fourth-order valence-corrected chi connectivity index (χ4v) is 11.0. The van der Waals surface area contributed by atoms with E-state index in [0.717, 1.165) is 83.5 Å². The predicted molar refractivity (Wildman–Crippen MR) is 358 cm³/mol. The van der Waals surface area contributed by atoms with E-state index in [0.29, 0.717) is 19.3 Å².